The molecule has 0 aliphatic carbocycles. The van der Waals surface area contributed by atoms with Gasteiger partial charge in [0.2, 0.25) is 5.91 Å². The maximum atomic E-state index is 12.4. The summed E-state index contributed by atoms with van der Waals surface area (Å²) in [5.74, 6) is -0.873. The van der Waals surface area contributed by atoms with Gasteiger partial charge < -0.3 is 20.0 Å². The van der Waals surface area contributed by atoms with Crippen LogP contribution < -0.4 is 5.32 Å². The minimum atomic E-state index is -0.853. The molecule has 1 aromatic carbocycles. The van der Waals surface area contributed by atoms with E-state index < -0.39 is 17.6 Å². The third kappa shape index (κ3) is 7.76. The van der Waals surface area contributed by atoms with Crippen molar-refractivity contribution in [1.82, 2.24) is 5.32 Å². The van der Waals surface area contributed by atoms with Crippen LogP contribution in [0, 0.1) is 0 Å². The highest BCUT2D eigenvalue weighted by Crippen LogP contribution is 2.14. The van der Waals surface area contributed by atoms with Crippen molar-refractivity contribution in [1.29, 1.82) is 0 Å². The molecule has 1 aromatic rings. The van der Waals surface area contributed by atoms with Crippen LogP contribution in [-0.2, 0) is 25.5 Å². The smallest absolute Gasteiger partial charge is 0.329 e. The van der Waals surface area contributed by atoms with E-state index in [1.165, 1.54) is 19.1 Å². The van der Waals surface area contributed by atoms with Crippen molar-refractivity contribution in [3.05, 3.63) is 29.8 Å². The van der Waals surface area contributed by atoms with Crippen molar-refractivity contribution in [2.24, 2.45) is 0 Å². The zero-order chi connectivity index (χ0) is 18.3. The van der Waals surface area contributed by atoms with Gasteiger partial charge in [-0.25, -0.2) is 4.79 Å². The van der Waals surface area contributed by atoms with Crippen molar-refractivity contribution < 1.29 is 24.2 Å². The average molecular weight is 335 g/mol. The number of benzene rings is 1. The number of aromatic hydroxyl groups is 1. The monoisotopic (exact) mass is 335 g/mol. The average Bonchev–Trinajstić information content (AvgIpc) is 2.45. The molecule has 1 atom stereocenters. The lowest BCUT2D eigenvalue weighted by Crippen LogP contribution is -2.45. The van der Waals surface area contributed by atoms with Gasteiger partial charge in [-0.15, -0.1) is 0 Å². The fraction of sp³-hybridized carbons (Fsp3) is 0.500. The van der Waals surface area contributed by atoms with Gasteiger partial charge in [-0.1, -0.05) is 12.1 Å². The lowest BCUT2D eigenvalue weighted by Gasteiger charge is -2.24. The highest BCUT2D eigenvalue weighted by Gasteiger charge is 2.27. The Labute approximate surface area is 142 Å². The summed E-state index contributed by atoms with van der Waals surface area (Å²) in [5, 5.41) is 12.0. The lowest BCUT2D eigenvalue weighted by molar-refractivity contribution is -0.158. The molecular formula is C18H25NO5. The summed E-state index contributed by atoms with van der Waals surface area (Å²) in [6, 6.07) is 5.52. The normalized spacial score (nSPS) is 12.3. The van der Waals surface area contributed by atoms with Gasteiger partial charge in [-0.05, 0) is 45.4 Å². The van der Waals surface area contributed by atoms with Crippen molar-refractivity contribution in [3.8, 4) is 5.75 Å². The number of hydrogen-bond acceptors (Lipinski definition) is 5. The standard InChI is InChI=1S/C18H25NO5/c1-12(20)5-10-16(22)19-15(17(23)24-18(2,3)4)11-13-6-8-14(21)9-7-13/h6-9,15,21H,5,10-11H2,1-4H3,(H,19,22). The van der Waals surface area contributed by atoms with Gasteiger partial charge in [0.05, 0.1) is 0 Å². The molecule has 1 amide bonds. The Hall–Kier alpha value is -2.37. The Morgan fingerprint density at radius 1 is 1.12 bits per heavy atom. The van der Waals surface area contributed by atoms with Crippen LogP contribution >= 0.6 is 0 Å². The van der Waals surface area contributed by atoms with Crippen molar-refractivity contribution in [2.45, 2.75) is 58.6 Å². The summed E-state index contributed by atoms with van der Waals surface area (Å²) in [4.78, 5) is 35.3. The van der Waals surface area contributed by atoms with Crippen LogP contribution in [0.2, 0.25) is 0 Å². The molecule has 0 heterocycles. The van der Waals surface area contributed by atoms with Crippen LogP contribution in [0.25, 0.3) is 0 Å². The van der Waals surface area contributed by atoms with Crippen molar-refractivity contribution in [3.63, 3.8) is 0 Å². The molecule has 0 aliphatic heterocycles. The predicted molar refractivity (Wildman–Crippen MR) is 89.5 cm³/mol. The van der Waals surface area contributed by atoms with E-state index in [-0.39, 0.29) is 36.7 Å². The van der Waals surface area contributed by atoms with Gasteiger partial charge >= 0.3 is 5.97 Å². The molecule has 0 radical (unpaired) electrons. The van der Waals surface area contributed by atoms with Crippen molar-refractivity contribution >= 4 is 17.7 Å². The number of rotatable bonds is 7. The second-order valence-corrected chi connectivity index (χ2v) is 6.73. The van der Waals surface area contributed by atoms with Gasteiger partial charge in [-0.3, -0.25) is 4.79 Å². The number of phenols is 1. The summed E-state index contributed by atoms with van der Waals surface area (Å²) in [5.41, 5.74) is 0.101. The fourth-order valence-electron chi connectivity index (χ4n) is 1.99. The summed E-state index contributed by atoms with van der Waals surface area (Å²) < 4.78 is 5.35. The molecule has 24 heavy (non-hydrogen) atoms. The molecule has 0 fully saturated rings. The fourth-order valence-corrected chi connectivity index (χ4v) is 1.99. The van der Waals surface area contributed by atoms with E-state index in [1.807, 2.05) is 0 Å². The Balaban J connectivity index is 2.81. The van der Waals surface area contributed by atoms with E-state index in [2.05, 4.69) is 5.32 Å². The maximum absolute atomic E-state index is 12.4. The summed E-state index contributed by atoms with van der Waals surface area (Å²) in [7, 11) is 0. The van der Waals surface area contributed by atoms with Gasteiger partial charge in [-0.2, -0.15) is 0 Å². The van der Waals surface area contributed by atoms with Gasteiger partial charge in [0.25, 0.3) is 0 Å². The molecule has 0 bridgehead atoms. The Bertz CT molecular complexity index is 586. The second kappa shape index (κ2) is 8.47. The highest BCUT2D eigenvalue weighted by molar-refractivity contribution is 5.87. The van der Waals surface area contributed by atoms with E-state index in [0.29, 0.717) is 0 Å². The molecule has 1 rings (SSSR count). The SMILES string of the molecule is CC(=O)CCC(=O)NC(Cc1ccc(O)cc1)C(=O)OC(C)(C)C. The number of amides is 1. The Morgan fingerprint density at radius 3 is 2.21 bits per heavy atom. The Morgan fingerprint density at radius 2 is 1.71 bits per heavy atom. The van der Waals surface area contributed by atoms with E-state index in [9.17, 15) is 19.5 Å². The molecule has 6 nitrogen and oxygen atoms in total. The predicted octanol–water partition coefficient (Wildman–Crippen LogP) is 2.13. The quantitative estimate of drug-likeness (QED) is 0.745. The number of carbonyl (C=O) groups excluding carboxylic acids is 3. The van der Waals surface area contributed by atoms with E-state index >= 15 is 0 Å². The molecule has 0 saturated heterocycles. The molecule has 6 heteroatoms. The van der Waals surface area contributed by atoms with Crippen molar-refractivity contribution in [2.75, 3.05) is 0 Å². The topological polar surface area (TPSA) is 92.7 Å². The van der Waals surface area contributed by atoms with E-state index in [0.717, 1.165) is 5.56 Å². The number of carbonyl (C=O) groups is 3. The second-order valence-electron chi connectivity index (χ2n) is 6.73. The van der Waals surface area contributed by atoms with Crippen LogP contribution in [0.5, 0.6) is 5.75 Å². The number of ketones is 1. The molecule has 0 saturated carbocycles. The molecule has 0 spiro atoms. The van der Waals surface area contributed by atoms with E-state index in [4.69, 9.17) is 4.74 Å². The third-order valence-electron chi connectivity index (χ3n) is 3.11. The molecule has 132 valence electrons. The number of Topliss-reactive ketones (excluding diaryl/α,β-unsaturated/α-hetero) is 1. The molecule has 0 aliphatic rings. The van der Waals surface area contributed by atoms with Gasteiger partial charge in [0.1, 0.15) is 23.2 Å². The van der Waals surface area contributed by atoms with E-state index in [1.54, 1.807) is 32.9 Å². The summed E-state index contributed by atoms with van der Waals surface area (Å²) in [6.45, 7) is 6.66. The molecule has 0 aromatic heterocycles. The molecule has 2 N–H and O–H groups in total. The van der Waals surface area contributed by atoms with Crippen LogP contribution in [0.3, 0.4) is 0 Å². The third-order valence-corrected chi connectivity index (χ3v) is 3.11. The van der Waals surface area contributed by atoms with Crippen LogP contribution in [0.1, 0.15) is 46.1 Å². The first-order valence-corrected chi connectivity index (χ1v) is 7.86. The minimum Gasteiger partial charge on any atom is -0.508 e. The highest BCUT2D eigenvalue weighted by atomic mass is 16.6. The minimum absolute atomic E-state index is 0.0320. The maximum Gasteiger partial charge on any atom is 0.329 e. The lowest BCUT2D eigenvalue weighted by atomic mass is 10.0. The zero-order valence-electron chi connectivity index (χ0n) is 14.6. The largest absolute Gasteiger partial charge is 0.508 e. The number of phenolic OH excluding ortho intramolecular Hbond substituents is 1. The van der Waals surface area contributed by atoms with Crippen LogP contribution in [0.15, 0.2) is 24.3 Å². The summed E-state index contributed by atoms with van der Waals surface area (Å²) in [6.07, 6.45) is 0.400. The zero-order valence-corrected chi connectivity index (χ0v) is 14.6. The van der Waals surface area contributed by atoms with Gasteiger partial charge in [0, 0.05) is 19.3 Å². The number of hydrogen-bond donors (Lipinski definition) is 2. The molecular weight excluding hydrogens is 310 g/mol. The first-order chi connectivity index (χ1) is 11.1. The van der Waals surface area contributed by atoms with Gasteiger partial charge in [0.15, 0.2) is 0 Å². The number of ether oxygens (including phenoxy) is 1. The molecule has 1 unspecified atom stereocenters. The number of nitrogens with one attached hydrogen (secondary N) is 1. The van der Waals surface area contributed by atoms with Crippen LogP contribution in [0.4, 0.5) is 0 Å². The Kier molecular flexibility index (Phi) is 6.95. The number of esters is 1. The summed E-state index contributed by atoms with van der Waals surface area (Å²) >= 11 is 0. The first-order valence-electron chi connectivity index (χ1n) is 7.86. The first kappa shape index (κ1) is 19.7. The van der Waals surface area contributed by atoms with Crippen LogP contribution in [-0.4, -0.2) is 34.4 Å².